The molecule has 1 aromatic heterocycles. The highest BCUT2D eigenvalue weighted by Crippen LogP contribution is 2.42. The molecule has 14 heteroatoms. The van der Waals surface area contributed by atoms with Crippen molar-refractivity contribution in [2.75, 3.05) is 6.61 Å². The summed E-state index contributed by atoms with van der Waals surface area (Å²) in [5, 5.41) is 31.4. The third-order valence-corrected chi connectivity index (χ3v) is 5.45. The molecule has 0 bridgehead atoms. The Labute approximate surface area is 158 Å². The zero-order chi connectivity index (χ0) is 20.6. The summed E-state index contributed by atoms with van der Waals surface area (Å²) in [4.78, 5) is 34.8. The van der Waals surface area contributed by atoms with Crippen molar-refractivity contribution < 1.29 is 38.8 Å². The van der Waals surface area contributed by atoms with E-state index in [0.29, 0.717) is 0 Å². The minimum atomic E-state index is -4.52. The molecular weight excluding hydrogens is 405 g/mol. The van der Waals surface area contributed by atoms with E-state index in [-0.39, 0.29) is 4.64 Å². The van der Waals surface area contributed by atoms with Crippen LogP contribution in [0.4, 0.5) is 0 Å². The fourth-order valence-corrected chi connectivity index (χ4v) is 3.67. The van der Waals surface area contributed by atoms with Crippen LogP contribution in [0.15, 0.2) is 17.1 Å². The lowest BCUT2D eigenvalue weighted by Crippen LogP contribution is -2.46. The van der Waals surface area contributed by atoms with Gasteiger partial charge in [0.1, 0.15) is 28.5 Å². The van der Waals surface area contributed by atoms with Gasteiger partial charge in [-0.15, -0.1) is 0 Å². The maximum atomic E-state index is 12.0. The number of hydrogen-bond acceptors (Lipinski definition) is 8. The van der Waals surface area contributed by atoms with Gasteiger partial charge in [0.15, 0.2) is 6.23 Å². The van der Waals surface area contributed by atoms with Crippen LogP contribution in [0.2, 0.25) is 0 Å². The van der Waals surface area contributed by atoms with Crippen molar-refractivity contribution >= 4 is 25.9 Å². The van der Waals surface area contributed by atoms with Crippen molar-refractivity contribution in [2.24, 2.45) is 0 Å². The lowest BCUT2D eigenvalue weighted by Gasteiger charge is -2.27. The zero-order valence-corrected chi connectivity index (χ0v) is 16.0. The van der Waals surface area contributed by atoms with Crippen molar-refractivity contribution in [2.45, 2.75) is 43.9 Å². The highest BCUT2D eigenvalue weighted by Gasteiger charge is 2.53. The third kappa shape index (κ3) is 4.89. The summed E-state index contributed by atoms with van der Waals surface area (Å²) < 4.78 is 23.2. The van der Waals surface area contributed by atoms with Crippen molar-refractivity contribution in [1.82, 2.24) is 14.6 Å². The molecule has 6 N–H and O–H groups in total. The first-order chi connectivity index (χ1) is 12.3. The molecule has 0 aliphatic carbocycles. The van der Waals surface area contributed by atoms with Gasteiger partial charge in [-0.1, -0.05) is 12.2 Å². The van der Waals surface area contributed by atoms with E-state index in [2.05, 4.69) is 4.98 Å². The number of aliphatic hydroxyl groups excluding tert-OH is 1. The standard InChI is InChI=1S/C13H20N3O9PS/c1-6(10(18)19)15-26(22,23)24-5-7-9(17)13(2,21)11(25-7)16-4-3-8(27)14-12(16)20/h3-4,6-7,9,11,17,21H,5H2,1-2H3,(H,18,19)(H,14,20,27)(H2,15,22,23)/t6-,7+,9?,11+,13+/m0/s1. The molecule has 6 atom stereocenters. The highest BCUT2D eigenvalue weighted by molar-refractivity contribution is 7.71. The Hall–Kier alpha value is -1.44. The minimum Gasteiger partial charge on any atom is -0.480 e. The predicted molar refractivity (Wildman–Crippen MR) is 92.4 cm³/mol. The second kappa shape index (κ2) is 7.89. The van der Waals surface area contributed by atoms with Gasteiger partial charge >= 0.3 is 19.4 Å². The van der Waals surface area contributed by atoms with E-state index < -0.39 is 56.1 Å². The molecule has 0 amide bonds. The van der Waals surface area contributed by atoms with Gasteiger partial charge in [-0.25, -0.2) is 14.4 Å². The van der Waals surface area contributed by atoms with Crippen LogP contribution in [-0.4, -0.2) is 66.2 Å². The molecule has 2 heterocycles. The number of nitrogens with one attached hydrogen (secondary N) is 2. The normalized spacial score (nSPS) is 31.4. The smallest absolute Gasteiger partial charge is 0.403 e. The van der Waals surface area contributed by atoms with Gasteiger partial charge in [-0.3, -0.25) is 18.9 Å². The van der Waals surface area contributed by atoms with Crippen molar-refractivity contribution in [1.29, 1.82) is 0 Å². The van der Waals surface area contributed by atoms with Gasteiger partial charge in [0.2, 0.25) is 0 Å². The van der Waals surface area contributed by atoms with Crippen molar-refractivity contribution in [3.8, 4) is 0 Å². The lowest BCUT2D eigenvalue weighted by atomic mass is 9.96. The second-order valence-electron chi connectivity index (χ2n) is 6.22. The van der Waals surface area contributed by atoms with Gasteiger partial charge in [0.05, 0.1) is 6.61 Å². The highest BCUT2D eigenvalue weighted by atomic mass is 32.1. The minimum absolute atomic E-state index is 0.161. The number of aromatic nitrogens is 2. The summed E-state index contributed by atoms with van der Waals surface area (Å²) in [6.07, 6.45) is -2.91. The van der Waals surface area contributed by atoms with Gasteiger partial charge in [-0.2, -0.15) is 0 Å². The Balaban J connectivity index is 2.14. The van der Waals surface area contributed by atoms with Gasteiger partial charge in [-0.05, 0) is 19.9 Å². The van der Waals surface area contributed by atoms with Crippen LogP contribution >= 0.6 is 20.0 Å². The summed E-state index contributed by atoms with van der Waals surface area (Å²) in [6, 6.07) is 0.0167. The van der Waals surface area contributed by atoms with Crippen LogP contribution in [-0.2, 0) is 18.6 Å². The van der Waals surface area contributed by atoms with E-state index in [1.54, 1.807) is 0 Å². The molecule has 0 radical (unpaired) electrons. The summed E-state index contributed by atoms with van der Waals surface area (Å²) >= 11 is 4.82. The lowest BCUT2D eigenvalue weighted by molar-refractivity contribution is -0.138. The molecule has 152 valence electrons. The number of rotatable bonds is 7. The molecule has 0 spiro atoms. The molecule has 27 heavy (non-hydrogen) atoms. The largest absolute Gasteiger partial charge is 0.480 e. The molecule has 1 saturated heterocycles. The summed E-state index contributed by atoms with van der Waals surface area (Å²) in [5.41, 5.74) is -2.62. The number of aliphatic carboxylic acids is 1. The van der Waals surface area contributed by atoms with E-state index in [1.165, 1.54) is 19.2 Å². The number of carboxylic acid groups (broad SMARTS) is 1. The molecule has 2 unspecified atom stereocenters. The number of nitrogens with zero attached hydrogens (tertiary/aromatic N) is 1. The summed E-state index contributed by atoms with van der Waals surface area (Å²) in [6.45, 7) is 1.71. The Morgan fingerprint density at radius 3 is 2.81 bits per heavy atom. The monoisotopic (exact) mass is 425 g/mol. The maximum absolute atomic E-state index is 12.0. The first-order valence-electron chi connectivity index (χ1n) is 7.70. The average Bonchev–Trinajstić information content (AvgIpc) is 2.76. The number of carboxylic acids is 1. The Morgan fingerprint density at radius 1 is 1.63 bits per heavy atom. The van der Waals surface area contributed by atoms with Crippen LogP contribution < -0.4 is 10.8 Å². The number of ether oxygens (including phenoxy) is 1. The second-order valence-corrected chi connectivity index (χ2v) is 8.22. The van der Waals surface area contributed by atoms with E-state index in [4.69, 9.17) is 26.6 Å². The fourth-order valence-electron chi connectivity index (χ4n) is 2.50. The van der Waals surface area contributed by atoms with Crippen LogP contribution in [0, 0.1) is 4.64 Å². The number of aliphatic hydroxyl groups is 2. The SMILES string of the molecule is C[C@H](NP(=O)(O)OC[C@H]1O[C@@H](n2ccc(=S)[nH]c2=O)[C@](C)(O)C1O)C(=O)O. The summed E-state index contributed by atoms with van der Waals surface area (Å²) in [5.74, 6) is -1.37. The third-order valence-electron chi connectivity index (χ3n) is 4.00. The topological polar surface area (TPSA) is 183 Å². The van der Waals surface area contributed by atoms with Crippen molar-refractivity contribution in [3.05, 3.63) is 27.4 Å². The molecule has 12 nitrogen and oxygen atoms in total. The van der Waals surface area contributed by atoms with E-state index in [9.17, 15) is 29.3 Å². The molecule has 0 aromatic carbocycles. The van der Waals surface area contributed by atoms with Crippen LogP contribution in [0.5, 0.6) is 0 Å². The molecule has 1 aliphatic rings. The molecule has 1 fully saturated rings. The fraction of sp³-hybridized carbons (Fsp3) is 0.615. The van der Waals surface area contributed by atoms with E-state index in [1.807, 2.05) is 5.09 Å². The molecular formula is C13H20N3O9PS. The maximum Gasteiger partial charge on any atom is 0.403 e. The first kappa shape index (κ1) is 21.9. The molecule has 1 aromatic rings. The van der Waals surface area contributed by atoms with Crippen LogP contribution in [0.1, 0.15) is 20.1 Å². The average molecular weight is 425 g/mol. The Morgan fingerprint density at radius 2 is 2.26 bits per heavy atom. The Kier molecular flexibility index (Phi) is 6.39. The molecule has 0 saturated carbocycles. The predicted octanol–water partition coefficient (Wildman–Crippen LogP) is -0.905. The number of aromatic amines is 1. The molecule has 1 aliphatic heterocycles. The zero-order valence-electron chi connectivity index (χ0n) is 14.3. The summed E-state index contributed by atoms with van der Waals surface area (Å²) in [7, 11) is -4.52. The molecule has 2 rings (SSSR count). The van der Waals surface area contributed by atoms with Gasteiger partial charge in [0.25, 0.3) is 0 Å². The van der Waals surface area contributed by atoms with Crippen molar-refractivity contribution in [3.63, 3.8) is 0 Å². The quantitative estimate of drug-likeness (QED) is 0.235. The number of carbonyl (C=O) groups is 1. The van der Waals surface area contributed by atoms with Gasteiger partial charge in [0, 0.05) is 6.20 Å². The van der Waals surface area contributed by atoms with E-state index >= 15 is 0 Å². The van der Waals surface area contributed by atoms with Crippen LogP contribution in [0.25, 0.3) is 0 Å². The number of H-pyrrole nitrogens is 1. The first-order valence-corrected chi connectivity index (χ1v) is 9.69. The van der Waals surface area contributed by atoms with Gasteiger partial charge < -0.3 is 24.9 Å². The van der Waals surface area contributed by atoms with Crippen LogP contribution in [0.3, 0.4) is 0 Å². The van der Waals surface area contributed by atoms with E-state index in [0.717, 1.165) is 11.5 Å². The Bertz CT molecular complexity index is 869. The number of hydrogen-bond donors (Lipinski definition) is 6.